The molecule has 0 bridgehead atoms. The van der Waals surface area contributed by atoms with E-state index in [0.717, 1.165) is 0 Å². The molecule has 0 aliphatic rings. The third kappa shape index (κ3) is 3.87. The van der Waals surface area contributed by atoms with Crippen LogP contribution in [0.25, 0.3) is 0 Å². The van der Waals surface area contributed by atoms with Gasteiger partial charge in [0, 0.05) is 19.3 Å². The SMILES string of the molecule is CN(C(=O)NCC(C)(C)C(=O)O)c1ccc(O)cc1. The number of hydrogen-bond acceptors (Lipinski definition) is 3. The van der Waals surface area contributed by atoms with Crippen LogP contribution in [0, 0.1) is 5.41 Å². The summed E-state index contributed by atoms with van der Waals surface area (Å²) in [4.78, 5) is 24.1. The molecule has 104 valence electrons. The first-order chi connectivity index (χ1) is 8.74. The first-order valence-electron chi connectivity index (χ1n) is 5.78. The van der Waals surface area contributed by atoms with Crippen LogP contribution in [0.15, 0.2) is 24.3 Å². The summed E-state index contributed by atoms with van der Waals surface area (Å²) in [5, 5.41) is 20.7. The summed E-state index contributed by atoms with van der Waals surface area (Å²) in [6, 6.07) is 5.73. The molecular weight excluding hydrogens is 248 g/mol. The zero-order chi connectivity index (χ0) is 14.6. The standard InChI is InChI=1S/C13H18N2O4/c1-13(2,11(17)18)8-14-12(19)15(3)9-4-6-10(16)7-5-9/h4-7,16H,8H2,1-3H3,(H,14,19)(H,17,18). The number of carboxylic acid groups (broad SMARTS) is 1. The van der Waals surface area contributed by atoms with Crippen molar-refractivity contribution < 1.29 is 19.8 Å². The van der Waals surface area contributed by atoms with Crippen LogP contribution in [0.5, 0.6) is 5.75 Å². The highest BCUT2D eigenvalue weighted by Gasteiger charge is 2.28. The molecule has 0 heterocycles. The van der Waals surface area contributed by atoms with Gasteiger partial charge < -0.3 is 15.5 Å². The van der Waals surface area contributed by atoms with Crippen LogP contribution in [-0.4, -0.2) is 35.8 Å². The number of nitrogens with zero attached hydrogens (tertiary/aromatic N) is 1. The molecule has 6 heteroatoms. The van der Waals surface area contributed by atoms with Crippen LogP contribution >= 0.6 is 0 Å². The van der Waals surface area contributed by atoms with E-state index in [2.05, 4.69) is 5.32 Å². The summed E-state index contributed by atoms with van der Waals surface area (Å²) in [6.45, 7) is 3.11. The third-order valence-electron chi connectivity index (χ3n) is 2.80. The summed E-state index contributed by atoms with van der Waals surface area (Å²) < 4.78 is 0. The number of nitrogens with one attached hydrogen (secondary N) is 1. The van der Waals surface area contributed by atoms with Crippen LogP contribution in [0.1, 0.15) is 13.8 Å². The second-order valence-corrected chi connectivity index (χ2v) is 4.92. The molecule has 0 aromatic heterocycles. The second kappa shape index (κ2) is 5.60. The number of carbonyl (C=O) groups is 2. The average molecular weight is 266 g/mol. The maximum absolute atomic E-state index is 11.9. The van der Waals surface area contributed by atoms with Gasteiger partial charge in [0.05, 0.1) is 5.41 Å². The number of amides is 2. The molecule has 1 aromatic carbocycles. The van der Waals surface area contributed by atoms with Crippen LogP contribution in [-0.2, 0) is 4.79 Å². The molecule has 0 aliphatic heterocycles. The number of phenols is 1. The van der Waals surface area contributed by atoms with E-state index in [1.54, 1.807) is 19.2 Å². The summed E-state index contributed by atoms with van der Waals surface area (Å²) in [5.74, 6) is -0.857. The van der Waals surface area contributed by atoms with Crippen LogP contribution in [0.3, 0.4) is 0 Å². The smallest absolute Gasteiger partial charge is 0.321 e. The number of phenolic OH excluding ortho intramolecular Hbond substituents is 1. The van der Waals surface area contributed by atoms with Gasteiger partial charge in [0.15, 0.2) is 0 Å². The lowest BCUT2D eigenvalue weighted by Gasteiger charge is -2.23. The fourth-order valence-corrected chi connectivity index (χ4v) is 1.28. The Bertz CT molecular complexity index is 468. The Kier molecular flexibility index (Phi) is 4.37. The Labute approximate surface area is 111 Å². The predicted molar refractivity (Wildman–Crippen MR) is 71.3 cm³/mol. The van der Waals surface area contributed by atoms with Crippen LogP contribution in [0.4, 0.5) is 10.5 Å². The zero-order valence-corrected chi connectivity index (χ0v) is 11.2. The molecule has 0 unspecified atom stereocenters. The van der Waals surface area contributed by atoms with Crippen molar-refractivity contribution in [2.24, 2.45) is 5.41 Å². The van der Waals surface area contributed by atoms with E-state index in [-0.39, 0.29) is 12.3 Å². The highest BCUT2D eigenvalue weighted by atomic mass is 16.4. The lowest BCUT2D eigenvalue weighted by molar-refractivity contribution is -0.146. The molecule has 0 radical (unpaired) electrons. The monoisotopic (exact) mass is 266 g/mol. The summed E-state index contributed by atoms with van der Waals surface area (Å²) >= 11 is 0. The Morgan fingerprint density at radius 3 is 2.26 bits per heavy atom. The number of anilines is 1. The molecule has 0 spiro atoms. The van der Waals surface area contributed by atoms with Gasteiger partial charge in [0.25, 0.3) is 0 Å². The highest BCUT2D eigenvalue weighted by Crippen LogP contribution is 2.18. The topological polar surface area (TPSA) is 89.9 Å². The quantitative estimate of drug-likeness (QED) is 0.773. The van der Waals surface area contributed by atoms with Crippen molar-refractivity contribution in [3.8, 4) is 5.75 Å². The van der Waals surface area contributed by atoms with Crippen LogP contribution in [0.2, 0.25) is 0 Å². The van der Waals surface area contributed by atoms with Gasteiger partial charge in [-0.2, -0.15) is 0 Å². The maximum Gasteiger partial charge on any atom is 0.321 e. The molecule has 6 nitrogen and oxygen atoms in total. The number of carboxylic acids is 1. The molecule has 0 saturated heterocycles. The van der Waals surface area contributed by atoms with Gasteiger partial charge in [-0.3, -0.25) is 9.69 Å². The van der Waals surface area contributed by atoms with E-state index < -0.39 is 17.4 Å². The number of urea groups is 1. The minimum Gasteiger partial charge on any atom is -0.508 e. The molecular formula is C13H18N2O4. The van der Waals surface area contributed by atoms with Gasteiger partial charge in [-0.15, -0.1) is 0 Å². The van der Waals surface area contributed by atoms with E-state index in [9.17, 15) is 9.59 Å². The predicted octanol–water partition coefficient (Wildman–Crippen LogP) is 1.65. The van der Waals surface area contributed by atoms with Crippen molar-refractivity contribution >= 4 is 17.7 Å². The lowest BCUT2D eigenvalue weighted by Crippen LogP contribution is -2.44. The molecule has 19 heavy (non-hydrogen) atoms. The number of benzene rings is 1. The van der Waals surface area contributed by atoms with Gasteiger partial charge in [0.2, 0.25) is 0 Å². The Balaban J connectivity index is 2.63. The third-order valence-corrected chi connectivity index (χ3v) is 2.80. The minimum atomic E-state index is -1.02. The first-order valence-corrected chi connectivity index (χ1v) is 5.78. The van der Waals surface area contributed by atoms with Gasteiger partial charge in [-0.25, -0.2) is 4.79 Å². The Morgan fingerprint density at radius 1 is 1.26 bits per heavy atom. The molecule has 1 rings (SSSR count). The molecule has 2 amide bonds. The zero-order valence-electron chi connectivity index (χ0n) is 11.2. The largest absolute Gasteiger partial charge is 0.508 e. The van der Waals surface area contributed by atoms with Crippen molar-refractivity contribution in [2.45, 2.75) is 13.8 Å². The summed E-state index contributed by atoms with van der Waals surface area (Å²) in [6.07, 6.45) is 0. The number of aliphatic carboxylic acids is 1. The molecule has 3 N–H and O–H groups in total. The maximum atomic E-state index is 11.9. The molecule has 0 atom stereocenters. The van der Waals surface area contributed by atoms with Crippen molar-refractivity contribution in [1.29, 1.82) is 0 Å². The van der Waals surface area contributed by atoms with Crippen molar-refractivity contribution in [1.82, 2.24) is 5.32 Å². The average Bonchev–Trinajstić information content (AvgIpc) is 2.36. The highest BCUT2D eigenvalue weighted by molar-refractivity contribution is 5.91. The van der Waals surface area contributed by atoms with E-state index in [1.807, 2.05) is 0 Å². The normalized spacial score (nSPS) is 10.9. The number of hydrogen-bond donors (Lipinski definition) is 3. The Morgan fingerprint density at radius 2 is 1.79 bits per heavy atom. The van der Waals surface area contributed by atoms with Gasteiger partial charge in [0.1, 0.15) is 5.75 Å². The van der Waals surface area contributed by atoms with Crippen molar-refractivity contribution in [3.05, 3.63) is 24.3 Å². The fraction of sp³-hybridized carbons (Fsp3) is 0.385. The van der Waals surface area contributed by atoms with Gasteiger partial charge in [-0.05, 0) is 38.1 Å². The first kappa shape index (κ1) is 14.8. The summed E-state index contributed by atoms with van der Waals surface area (Å²) in [7, 11) is 1.56. The lowest BCUT2D eigenvalue weighted by atomic mass is 9.94. The van der Waals surface area contributed by atoms with Crippen molar-refractivity contribution in [2.75, 3.05) is 18.5 Å². The Hall–Kier alpha value is -2.24. The van der Waals surface area contributed by atoms with E-state index in [4.69, 9.17) is 10.2 Å². The van der Waals surface area contributed by atoms with E-state index in [0.29, 0.717) is 5.69 Å². The number of carbonyl (C=O) groups excluding carboxylic acids is 1. The molecule has 0 aliphatic carbocycles. The van der Waals surface area contributed by atoms with Gasteiger partial charge in [-0.1, -0.05) is 0 Å². The second-order valence-electron chi connectivity index (χ2n) is 4.92. The minimum absolute atomic E-state index is 0.0313. The van der Waals surface area contributed by atoms with Crippen molar-refractivity contribution in [3.63, 3.8) is 0 Å². The molecule has 0 fully saturated rings. The summed E-state index contributed by atoms with van der Waals surface area (Å²) in [5.41, 5.74) is -0.422. The number of rotatable bonds is 4. The molecule has 0 saturated carbocycles. The van der Waals surface area contributed by atoms with Gasteiger partial charge >= 0.3 is 12.0 Å². The van der Waals surface area contributed by atoms with E-state index >= 15 is 0 Å². The molecule has 1 aromatic rings. The number of aromatic hydroxyl groups is 1. The van der Waals surface area contributed by atoms with E-state index in [1.165, 1.54) is 30.9 Å². The fourth-order valence-electron chi connectivity index (χ4n) is 1.28. The van der Waals surface area contributed by atoms with Crippen LogP contribution < -0.4 is 10.2 Å².